The lowest BCUT2D eigenvalue weighted by atomic mass is 10.2. The molecule has 0 radical (unpaired) electrons. The third-order valence-electron chi connectivity index (χ3n) is 3.20. The molecule has 1 atom stereocenters. The molecule has 6 nitrogen and oxygen atoms in total. The van der Waals surface area contributed by atoms with E-state index in [0.717, 1.165) is 5.76 Å². The van der Waals surface area contributed by atoms with Crippen molar-refractivity contribution in [2.24, 2.45) is 0 Å². The van der Waals surface area contributed by atoms with E-state index in [1.807, 2.05) is 13.0 Å². The molecule has 0 spiro atoms. The Balaban J connectivity index is 2.31. The molecular formula is C14H16N2O4S. The number of hydrogen-bond acceptors (Lipinski definition) is 5. The summed E-state index contributed by atoms with van der Waals surface area (Å²) in [5.41, 5.74) is 0.568. The van der Waals surface area contributed by atoms with Gasteiger partial charge < -0.3 is 14.4 Å². The number of aryl methyl sites for hydroxylation is 2. The van der Waals surface area contributed by atoms with Gasteiger partial charge >= 0.3 is 5.97 Å². The predicted octanol–water partition coefficient (Wildman–Crippen LogP) is 2.57. The molecule has 1 unspecified atom stereocenters. The Labute approximate surface area is 126 Å². The van der Waals surface area contributed by atoms with E-state index >= 15 is 0 Å². The molecule has 0 aliphatic heterocycles. The molecule has 7 heteroatoms. The topological polar surface area (TPSA) is 83.6 Å². The van der Waals surface area contributed by atoms with Crippen molar-refractivity contribution in [3.63, 3.8) is 0 Å². The van der Waals surface area contributed by atoms with Crippen LogP contribution in [0.3, 0.4) is 0 Å². The van der Waals surface area contributed by atoms with Crippen LogP contribution in [0.5, 0.6) is 0 Å². The van der Waals surface area contributed by atoms with E-state index in [4.69, 9.17) is 9.52 Å². The normalized spacial score (nSPS) is 12.2. The lowest BCUT2D eigenvalue weighted by Crippen LogP contribution is -2.40. The molecule has 0 aliphatic carbocycles. The molecule has 0 saturated heterocycles. The van der Waals surface area contributed by atoms with Crippen LogP contribution >= 0.6 is 11.3 Å². The predicted molar refractivity (Wildman–Crippen MR) is 78.5 cm³/mol. The Morgan fingerprint density at radius 1 is 1.38 bits per heavy atom. The standard InChI is InChI=1S/C14H16N2O4S/c1-7-5-6-10(20-7)12-15-8(2)11(21-12)13(17)16(4)9(3)14(18)19/h5-6,9H,1-4H3,(H,18,19). The molecule has 2 aromatic heterocycles. The maximum atomic E-state index is 12.4. The highest BCUT2D eigenvalue weighted by atomic mass is 32.1. The molecule has 0 saturated carbocycles. The summed E-state index contributed by atoms with van der Waals surface area (Å²) in [7, 11) is 1.47. The van der Waals surface area contributed by atoms with Crippen molar-refractivity contribution in [1.82, 2.24) is 9.88 Å². The zero-order chi connectivity index (χ0) is 15.7. The highest BCUT2D eigenvalue weighted by Crippen LogP contribution is 2.30. The Morgan fingerprint density at radius 3 is 2.57 bits per heavy atom. The van der Waals surface area contributed by atoms with Gasteiger partial charge in [-0.2, -0.15) is 0 Å². The van der Waals surface area contributed by atoms with E-state index in [-0.39, 0.29) is 5.91 Å². The van der Waals surface area contributed by atoms with E-state index in [2.05, 4.69) is 4.98 Å². The number of aromatic nitrogens is 1. The van der Waals surface area contributed by atoms with Crippen LogP contribution in [-0.4, -0.2) is 40.0 Å². The summed E-state index contributed by atoms with van der Waals surface area (Å²) in [6, 6.07) is 2.73. The molecule has 1 amide bonds. The highest BCUT2D eigenvalue weighted by molar-refractivity contribution is 7.17. The van der Waals surface area contributed by atoms with Crippen molar-refractivity contribution in [2.75, 3.05) is 7.05 Å². The second kappa shape index (κ2) is 5.69. The first kappa shape index (κ1) is 15.2. The summed E-state index contributed by atoms with van der Waals surface area (Å²) < 4.78 is 5.49. The molecule has 2 aromatic rings. The van der Waals surface area contributed by atoms with E-state index in [0.29, 0.717) is 21.3 Å². The van der Waals surface area contributed by atoms with Crippen LogP contribution in [0.25, 0.3) is 10.8 Å². The van der Waals surface area contributed by atoms with Gasteiger partial charge in [-0.3, -0.25) is 4.79 Å². The molecule has 0 fully saturated rings. The van der Waals surface area contributed by atoms with Gasteiger partial charge in [-0.1, -0.05) is 0 Å². The fraction of sp³-hybridized carbons (Fsp3) is 0.357. The number of furan rings is 1. The van der Waals surface area contributed by atoms with Crippen molar-refractivity contribution in [1.29, 1.82) is 0 Å². The first-order valence-electron chi connectivity index (χ1n) is 6.35. The lowest BCUT2D eigenvalue weighted by molar-refractivity contribution is -0.141. The van der Waals surface area contributed by atoms with Crippen molar-refractivity contribution >= 4 is 23.2 Å². The molecular weight excluding hydrogens is 292 g/mol. The van der Waals surface area contributed by atoms with Crippen LogP contribution in [0.1, 0.15) is 28.0 Å². The van der Waals surface area contributed by atoms with E-state index in [1.165, 1.54) is 30.2 Å². The van der Waals surface area contributed by atoms with Gasteiger partial charge in [0, 0.05) is 7.05 Å². The maximum Gasteiger partial charge on any atom is 0.326 e. The van der Waals surface area contributed by atoms with Gasteiger partial charge in [0.05, 0.1) is 5.69 Å². The van der Waals surface area contributed by atoms with Crippen LogP contribution in [0.4, 0.5) is 0 Å². The van der Waals surface area contributed by atoms with Crippen LogP contribution < -0.4 is 0 Å². The third-order valence-corrected chi connectivity index (χ3v) is 4.36. The summed E-state index contributed by atoms with van der Waals surface area (Å²) in [5.74, 6) is -0.0275. The Hall–Kier alpha value is -2.15. The number of likely N-dealkylation sites (N-methyl/N-ethyl adjacent to an activating group) is 1. The number of carboxylic acid groups (broad SMARTS) is 1. The molecule has 112 valence electrons. The fourth-order valence-corrected chi connectivity index (χ4v) is 2.76. The van der Waals surface area contributed by atoms with Crippen molar-refractivity contribution in [3.05, 3.63) is 28.5 Å². The van der Waals surface area contributed by atoms with Gasteiger partial charge in [0.15, 0.2) is 10.8 Å². The van der Waals surface area contributed by atoms with Crippen LogP contribution in [0, 0.1) is 13.8 Å². The quantitative estimate of drug-likeness (QED) is 0.938. The smallest absolute Gasteiger partial charge is 0.326 e. The third kappa shape index (κ3) is 2.97. The molecule has 0 aromatic carbocycles. The minimum Gasteiger partial charge on any atom is -0.480 e. The molecule has 1 N–H and O–H groups in total. The van der Waals surface area contributed by atoms with E-state index in [1.54, 1.807) is 13.0 Å². The fourth-order valence-electron chi connectivity index (χ4n) is 1.75. The number of nitrogens with zero attached hydrogens (tertiary/aromatic N) is 2. The second-order valence-electron chi connectivity index (χ2n) is 4.77. The van der Waals surface area contributed by atoms with E-state index in [9.17, 15) is 9.59 Å². The average Bonchev–Trinajstić information content (AvgIpc) is 3.02. The van der Waals surface area contributed by atoms with Gasteiger partial charge in [0.25, 0.3) is 5.91 Å². The Morgan fingerprint density at radius 2 is 2.05 bits per heavy atom. The summed E-state index contributed by atoms with van der Waals surface area (Å²) in [6.07, 6.45) is 0. The molecule has 0 aliphatic rings. The van der Waals surface area contributed by atoms with Gasteiger partial charge in [-0.05, 0) is 32.9 Å². The van der Waals surface area contributed by atoms with Crippen molar-refractivity contribution in [2.45, 2.75) is 26.8 Å². The highest BCUT2D eigenvalue weighted by Gasteiger charge is 2.26. The summed E-state index contributed by atoms with van der Waals surface area (Å²) in [5, 5.41) is 9.59. The zero-order valence-electron chi connectivity index (χ0n) is 12.2. The first-order chi connectivity index (χ1) is 9.81. The summed E-state index contributed by atoms with van der Waals surface area (Å²) >= 11 is 1.20. The number of hydrogen-bond donors (Lipinski definition) is 1. The van der Waals surface area contributed by atoms with Crippen molar-refractivity contribution < 1.29 is 19.1 Å². The molecule has 21 heavy (non-hydrogen) atoms. The second-order valence-corrected chi connectivity index (χ2v) is 5.77. The van der Waals surface area contributed by atoms with Crippen LogP contribution in [0.2, 0.25) is 0 Å². The molecule has 2 heterocycles. The number of rotatable bonds is 4. The van der Waals surface area contributed by atoms with Gasteiger partial charge in [0.1, 0.15) is 16.7 Å². The van der Waals surface area contributed by atoms with Crippen LogP contribution in [-0.2, 0) is 4.79 Å². The average molecular weight is 308 g/mol. The number of thiazole rings is 1. The molecule has 2 rings (SSSR count). The number of carbonyl (C=O) groups excluding carboxylic acids is 1. The number of amides is 1. The maximum absolute atomic E-state index is 12.4. The first-order valence-corrected chi connectivity index (χ1v) is 7.17. The lowest BCUT2D eigenvalue weighted by Gasteiger charge is -2.20. The van der Waals surface area contributed by atoms with Gasteiger partial charge in [-0.25, -0.2) is 9.78 Å². The summed E-state index contributed by atoms with van der Waals surface area (Å²) in [4.78, 5) is 29.3. The Bertz CT molecular complexity index is 689. The SMILES string of the molecule is Cc1ccc(-c2nc(C)c(C(=O)N(C)C(C)C(=O)O)s2)o1. The summed E-state index contributed by atoms with van der Waals surface area (Å²) in [6.45, 7) is 5.02. The van der Waals surface area contributed by atoms with Crippen LogP contribution in [0.15, 0.2) is 16.5 Å². The molecule has 0 bridgehead atoms. The largest absolute Gasteiger partial charge is 0.480 e. The van der Waals surface area contributed by atoms with Gasteiger partial charge in [-0.15, -0.1) is 11.3 Å². The van der Waals surface area contributed by atoms with E-state index < -0.39 is 12.0 Å². The van der Waals surface area contributed by atoms with Gasteiger partial charge in [0.2, 0.25) is 0 Å². The zero-order valence-corrected chi connectivity index (χ0v) is 13.0. The number of carboxylic acids is 1. The van der Waals surface area contributed by atoms with Crippen molar-refractivity contribution in [3.8, 4) is 10.8 Å². The minimum atomic E-state index is -1.05. The Kier molecular flexibility index (Phi) is 4.13. The number of aliphatic carboxylic acids is 1. The monoisotopic (exact) mass is 308 g/mol. The number of carbonyl (C=O) groups is 2. The minimum absolute atomic E-state index is 0.352.